The smallest absolute Gasteiger partial charge is 0.303 e. The molecule has 0 spiro atoms. The van der Waals surface area contributed by atoms with E-state index < -0.39 is 5.97 Å². The average Bonchev–Trinajstić information content (AvgIpc) is 3.25. The lowest BCUT2D eigenvalue weighted by Gasteiger charge is -2.13. The van der Waals surface area contributed by atoms with E-state index >= 15 is 0 Å². The number of hydrogen-bond acceptors (Lipinski definition) is 4. The maximum Gasteiger partial charge on any atom is 0.303 e. The van der Waals surface area contributed by atoms with Gasteiger partial charge in [-0.05, 0) is 30.5 Å². The summed E-state index contributed by atoms with van der Waals surface area (Å²) in [5.41, 5.74) is 6.14. The fourth-order valence-corrected chi connectivity index (χ4v) is 5.13. The molecule has 32 heavy (non-hydrogen) atoms. The van der Waals surface area contributed by atoms with Crippen LogP contribution < -0.4 is 0 Å². The summed E-state index contributed by atoms with van der Waals surface area (Å²) in [6.45, 7) is 2.34. The van der Waals surface area contributed by atoms with Crippen molar-refractivity contribution in [3.63, 3.8) is 0 Å². The fourth-order valence-electron chi connectivity index (χ4n) is 3.84. The molecule has 162 valence electrons. The Kier molecular flexibility index (Phi) is 6.58. The van der Waals surface area contributed by atoms with Crippen molar-refractivity contribution < 1.29 is 14.7 Å². The molecule has 5 nitrogen and oxygen atoms in total. The zero-order chi connectivity index (χ0) is 22.7. The fraction of sp³-hybridized carbons (Fsp3) is 0.160. The number of aromatic amines is 1. The Balaban J connectivity index is 1.75. The van der Waals surface area contributed by atoms with Crippen LogP contribution >= 0.6 is 24.0 Å². The summed E-state index contributed by atoms with van der Waals surface area (Å²) in [4.78, 5) is 29.3. The molecule has 2 N–H and O–H groups in total. The van der Waals surface area contributed by atoms with Crippen molar-refractivity contribution in [3.8, 4) is 22.3 Å². The van der Waals surface area contributed by atoms with Crippen LogP contribution in [0.2, 0.25) is 0 Å². The van der Waals surface area contributed by atoms with Crippen molar-refractivity contribution in [2.24, 2.45) is 0 Å². The van der Waals surface area contributed by atoms with E-state index in [1.54, 1.807) is 0 Å². The van der Waals surface area contributed by atoms with E-state index in [1.165, 1.54) is 16.7 Å². The molecule has 0 aliphatic carbocycles. The first-order chi connectivity index (χ1) is 15.5. The second-order valence-electron chi connectivity index (χ2n) is 7.48. The third-order valence-electron chi connectivity index (χ3n) is 5.26. The van der Waals surface area contributed by atoms with Crippen molar-refractivity contribution in [2.45, 2.75) is 19.8 Å². The van der Waals surface area contributed by atoms with E-state index in [-0.39, 0.29) is 12.3 Å². The van der Waals surface area contributed by atoms with Gasteiger partial charge < -0.3 is 10.1 Å². The number of aromatic nitrogens is 1. The SMILES string of the molecule is Cc1[nH]c(/C=C2\SC(=S)N(CCCC(=O)O)C2=O)c(-c2ccccc2)c1-c1ccccc1. The van der Waals surface area contributed by atoms with Gasteiger partial charge in [0.15, 0.2) is 0 Å². The highest BCUT2D eigenvalue weighted by molar-refractivity contribution is 8.26. The number of nitrogens with zero attached hydrogens (tertiary/aromatic N) is 1. The number of thiocarbonyl (C=S) groups is 1. The maximum atomic E-state index is 13.0. The molecule has 7 heteroatoms. The molecule has 1 fully saturated rings. The highest BCUT2D eigenvalue weighted by Crippen LogP contribution is 2.40. The van der Waals surface area contributed by atoms with Crippen LogP contribution in [-0.4, -0.2) is 37.7 Å². The van der Waals surface area contributed by atoms with E-state index in [2.05, 4.69) is 29.2 Å². The van der Waals surface area contributed by atoms with Crippen molar-refractivity contribution in [2.75, 3.05) is 6.54 Å². The van der Waals surface area contributed by atoms with Crippen molar-refractivity contribution in [1.29, 1.82) is 0 Å². The molecule has 1 aliphatic rings. The van der Waals surface area contributed by atoms with Gasteiger partial charge in [-0.3, -0.25) is 14.5 Å². The van der Waals surface area contributed by atoms with Crippen LogP contribution in [0.15, 0.2) is 65.6 Å². The Morgan fingerprint density at radius 1 is 1.06 bits per heavy atom. The summed E-state index contributed by atoms with van der Waals surface area (Å²) >= 11 is 6.65. The van der Waals surface area contributed by atoms with Crippen LogP contribution in [0.3, 0.4) is 0 Å². The van der Waals surface area contributed by atoms with Crippen molar-refractivity contribution in [1.82, 2.24) is 9.88 Å². The number of benzene rings is 2. The van der Waals surface area contributed by atoms with E-state index in [0.29, 0.717) is 22.2 Å². The van der Waals surface area contributed by atoms with Gasteiger partial charge in [-0.1, -0.05) is 84.6 Å². The first-order valence-electron chi connectivity index (χ1n) is 10.3. The van der Waals surface area contributed by atoms with E-state index in [4.69, 9.17) is 17.3 Å². The molecule has 1 saturated heterocycles. The molecule has 0 atom stereocenters. The largest absolute Gasteiger partial charge is 0.481 e. The highest BCUT2D eigenvalue weighted by Gasteiger charge is 2.32. The Morgan fingerprint density at radius 3 is 2.25 bits per heavy atom. The standard InChI is InChI=1S/C25H22N2O3S2/c1-16-22(17-9-4-2-5-10-17)23(18-11-6-3-7-12-18)19(26-16)15-20-24(30)27(25(31)32-20)14-8-13-21(28)29/h2-7,9-12,15,26H,8,13-14H2,1H3,(H,28,29)/b20-15-. The monoisotopic (exact) mass is 462 g/mol. The first-order valence-corrected chi connectivity index (χ1v) is 11.5. The summed E-state index contributed by atoms with van der Waals surface area (Å²) in [6.07, 6.45) is 2.23. The number of carboxylic acids is 1. The predicted molar refractivity (Wildman–Crippen MR) is 133 cm³/mol. The second-order valence-corrected chi connectivity index (χ2v) is 9.15. The Hall–Kier alpha value is -3.16. The Bertz CT molecular complexity index is 1200. The van der Waals surface area contributed by atoms with Crippen LogP contribution in [0.25, 0.3) is 28.3 Å². The summed E-state index contributed by atoms with van der Waals surface area (Å²) in [5, 5.41) is 8.87. The van der Waals surface area contributed by atoms with Gasteiger partial charge in [-0.15, -0.1) is 0 Å². The van der Waals surface area contributed by atoms with E-state index in [9.17, 15) is 9.59 Å². The molecular formula is C25H22N2O3S2. The number of H-pyrrole nitrogens is 1. The van der Waals surface area contributed by atoms with Gasteiger partial charge in [-0.25, -0.2) is 0 Å². The van der Waals surface area contributed by atoms with Crippen LogP contribution in [0.1, 0.15) is 24.2 Å². The average molecular weight is 463 g/mol. The third kappa shape index (κ3) is 4.54. The van der Waals surface area contributed by atoms with Gasteiger partial charge in [0.25, 0.3) is 5.91 Å². The first kappa shape index (κ1) is 22.0. The number of amides is 1. The summed E-state index contributed by atoms with van der Waals surface area (Å²) in [7, 11) is 0. The number of aliphatic carboxylic acids is 1. The number of nitrogens with one attached hydrogen (secondary N) is 1. The number of thioether (sulfide) groups is 1. The highest BCUT2D eigenvalue weighted by atomic mass is 32.2. The lowest BCUT2D eigenvalue weighted by atomic mass is 9.95. The van der Waals surface area contributed by atoms with Crippen LogP contribution in [0.4, 0.5) is 0 Å². The molecule has 1 aliphatic heterocycles. The van der Waals surface area contributed by atoms with Gasteiger partial charge in [0, 0.05) is 35.5 Å². The van der Waals surface area contributed by atoms with E-state index in [1.807, 2.05) is 49.4 Å². The summed E-state index contributed by atoms with van der Waals surface area (Å²) in [6, 6.07) is 20.3. The van der Waals surface area contributed by atoms with Crippen LogP contribution in [0, 0.1) is 6.92 Å². The molecule has 2 aromatic carbocycles. The second kappa shape index (κ2) is 9.54. The van der Waals surface area contributed by atoms with Crippen molar-refractivity contribution >= 4 is 46.3 Å². The normalized spacial score (nSPS) is 15.0. The van der Waals surface area contributed by atoms with Gasteiger partial charge in [-0.2, -0.15) is 0 Å². The lowest BCUT2D eigenvalue weighted by Crippen LogP contribution is -2.29. The van der Waals surface area contributed by atoms with Gasteiger partial charge in [0.05, 0.1) is 4.91 Å². The minimum atomic E-state index is -0.881. The zero-order valence-corrected chi connectivity index (χ0v) is 19.1. The molecule has 4 rings (SSSR count). The maximum absolute atomic E-state index is 13.0. The number of aryl methyl sites for hydroxylation is 1. The van der Waals surface area contributed by atoms with Crippen molar-refractivity contribution in [3.05, 3.63) is 77.0 Å². The predicted octanol–water partition coefficient (Wildman–Crippen LogP) is 5.72. The molecule has 0 unspecified atom stereocenters. The molecule has 2 heterocycles. The van der Waals surface area contributed by atoms with Crippen LogP contribution in [-0.2, 0) is 9.59 Å². The molecule has 0 saturated carbocycles. The number of rotatable bonds is 7. The minimum Gasteiger partial charge on any atom is -0.481 e. The molecule has 1 amide bonds. The lowest BCUT2D eigenvalue weighted by molar-refractivity contribution is -0.137. The molecule has 3 aromatic rings. The Morgan fingerprint density at radius 2 is 1.66 bits per heavy atom. The van der Waals surface area contributed by atoms with Gasteiger partial charge in [0.1, 0.15) is 4.32 Å². The molecular weight excluding hydrogens is 440 g/mol. The molecule has 0 radical (unpaired) electrons. The van der Waals surface area contributed by atoms with Gasteiger partial charge >= 0.3 is 5.97 Å². The topological polar surface area (TPSA) is 73.4 Å². The zero-order valence-electron chi connectivity index (χ0n) is 17.5. The van der Waals surface area contributed by atoms with E-state index in [0.717, 1.165) is 33.6 Å². The van der Waals surface area contributed by atoms with Gasteiger partial charge in [0.2, 0.25) is 0 Å². The molecule has 1 aromatic heterocycles. The number of carbonyl (C=O) groups is 2. The molecule has 0 bridgehead atoms. The minimum absolute atomic E-state index is 0.00449. The summed E-state index contributed by atoms with van der Waals surface area (Å²) in [5.74, 6) is -1.06. The number of hydrogen-bond donors (Lipinski definition) is 2. The quantitative estimate of drug-likeness (QED) is 0.347. The number of carboxylic acid groups (broad SMARTS) is 1. The van der Waals surface area contributed by atoms with Crippen LogP contribution in [0.5, 0.6) is 0 Å². The third-order valence-corrected chi connectivity index (χ3v) is 6.64. The number of carbonyl (C=O) groups excluding carboxylic acids is 1. The summed E-state index contributed by atoms with van der Waals surface area (Å²) < 4.78 is 0.458. The Labute approximate surface area is 196 Å².